The second kappa shape index (κ2) is 10.2. The van der Waals surface area contributed by atoms with Crippen LogP contribution in [0.1, 0.15) is 50.6 Å². The van der Waals surface area contributed by atoms with Gasteiger partial charge in [-0.05, 0) is 60.9 Å². The third kappa shape index (κ3) is 5.05. The van der Waals surface area contributed by atoms with Crippen molar-refractivity contribution in [3.8, 4) is 11.1 Å². The van der Waals surface area contributed by atoms with E-state index in [0.29, 0.717) is 12.0 Å². The number of nitrogens with one attached hydrogen (secondary N) is 2. The molecule has 4 unspecified atom stereocenters. The molecule has 2 heterocycles. The maximum atomic E-state index is 12.7. The minimum absolute atomic E-state index is 0. The van der Waals surface area contributed by atoms with Gasteiger partial charge in [-0.25, -0.2) is 0 Å². The van der Waals surface area contributed by atoms with Gasteiger partial charge in [0.1, 0.15) is 0 Å². The Morgan fingerprint density at radius 3 is 2.36 bits per heavy atom. The van der Waals surface area contributed by atoms with E-state index in [0.717, 1.165) is 23.1 Å². The molecule has 2 aromatic rings. The van der Waals surface area contributed by atoms with E-state index in [2.05, 4.69) is 46.8 Å². The fourth-order valence-corrected chi connectivity index (χ4v) is 4.43. The number of carbonyl (C=O) groups is 1. The molecule has 1 aliphatic carbocycles. The largest absolute Gasteiger partial charge is 0.348 e. The van der Waals surface area contributed by atoms with Gasteiger partial charge in [-0.2, -0.15) is 0 Å². The average Bonchev–Trinajstić information content (AvgIpc) is 3.13. The zero-order valence-corrected chi connectivity index (χ0v) is 17.8. The van der Waals surface area contributed by atoms with Crippen molar-refractivity contribution in [1.29, 1.82) is 0 Å². The van der Waals surface area contributed by atoms with Gasteiger partial charge in [0, 0.05) is 18.4 Å². The van der Waals surface area contributed by atoms with Gasteiger partial charge < -0.3 is 10.6 Å². The highest BCUT2D eigenvalue weighted by Gasteiger charge is 2.38. The number of rotatable bonds is 4. The van der Waals surface area contributed by atoms with Crippen molar-refractivity contribution in [2.45, 2.75) is 57.2 Å². The number of hydrogen-bond donors (Lipinski definition) is 2. The predicted molar refractivity (Wildman–Crippen MR) is 118 cm³/mol. The van der Waals surface area contributed by atoms with E-state index in [9.17, 15) is 4.79 Å². The van der Waals surface area contributed by atoms with Crippen LogP contribution in [-0.4, -0.2) is 23.0 Å². The van der Waals surface area contributed by atoms with E-state index < -0.39 is 0 Å². The van der Waals surface area contributed by atoms with Crippen molar-refractivity contribution in [3.05, 3.63) is 54.4 Å². The first kappa shape index (κ1) is 22.7. The first-order chi connectivity index (χ1) is 12.7. The van der Waals surface area contributed by atoms with E-state index >= 15 is 0 Å². The lowest BCUT2D eigenvalue weighted by atomic mass is 9.85. The topological polar surface area (TPSA) is 54.0 Å². The second-order valence-electron chi connectivity index (χ2n) is 7.69. The summed E-state index contributed by atoms with van der Waals surface area (Å²) >= 11 is 0. The molecule has 0 radical (unpaired) electrons. The Morgan fingerprint density at radius 2 is 1.68 bits per heavy atom. The number of aromatic nitrogens is 1. The highest BCUT2D eigenvalue weighted by molar-refractivity contribution is 5.85. The van der Waals surface area contributed by atoms with Crippen molar-refractivity contribution in [1.82, 2.24) is 15.6 Å². The van der Waals surface area contributed by atoms with Crippen LogP contribution in [0.15, 0.2) is 48.8 Å². The van der Waals surface area contributed by atoms with Crippen LogP contribution in [0.3, 0.4) is 0 Å². The van der Waals surface area contributed by atoms with Crippen molar-refractivity contribution in [2.75, 3.05) is 0 Å². The summed E-state index contributed by atoms with van der Waals surface area (Å²) in [6, 6.07) is 13.0. The lowest BCUT2D eigenvalue weighted by Crippen LogP contribution is -2.43. The van der Waals surface area contributed by atoms with Gasteiger partial charge in [0.15, 0.2) is 0 Å². The van der Waals surface area contributed by atoms with Crippen LogP contribution in [0.5, 0.6) is 0 Å². The maximum absolute atomic E-state index is 12.7. The van der Waals surface area contributed by atoms with E-state index in [1.807, 2.05) is 12.1 Å². The Labute approximate surface area is 179 Å². The molecule has 4 rings (SSSR count). The molecule has 1 saturated heterocycles. The number of hydrogen-bond acceptors (Lipinski definition) is 3. The average molecular weight is 422 g/mol. The Balaban J connectivity index is 0.00000140. The number of nitrogens with zero attached hydrogens (tertiary/aromatic N) is 1. The zero-order chi connectivity index (χ0) is 17.9. The highest BCUT2D eigenvalue weighted by Crippen LogP contribution is 2.33. The van der Waals surface area contributed by atoms with Crippen LogP contribution >= 0.6 is 24.8 Å². The van der Waals surface area contributed by atoms with Crippen LogP contribution in [0.4, 0.5) is 0 Å². The van der Waals surface area contributed by atoms with Crippen LogP contribution in [-0.2, 0) is 4.79 Å². The molecule has 0 spiro atoms. The highest BCUT2D eigenvalue weighted by atomic mass is 35.5. The molecule has 4 atom stereocenters. The minimum atomic E-state index is -0.0263. The van der Waals surface area contributed by atoms with Crippen molar-refractivity contribution in [2.24, 2.45) is 5.92 Å². The van der Waals surface area contributed by atoms with E-state index in [4.69, 9.17) is 0 Å². The molecule has 2 N–H and O–H groups in total. The molecule has 2 fully saturated rings. The number of pyridine rings is 1. The quantitative estimate of drug-likeness (QED) is 0.752. The van der Waals surface area contributed by atoms with Crippen LogP contribution < -0.4 is 10.6 Å². The molecule has 6 heteroatoms. The summed E-state index contributed by atoms with van der Waals surface area (Å²) in [4.78, 5) is 16.7. The lowest BCUT2D eigenvalue weighted by molar-refractivity contribution is -0.123. The molecule has 1 aromatic heterocycles. The molecule has 1 aliphatic heterocycles. The molecular formula is C22H29Cl2N3O. The minimum Gasteiger partial charge on any atom is -0.348 e. The molecule has 1 amide bonds. The smallest absolute Gasteiger partial charge is 0.237 e. The van der Waals surface area contributed by atoms with Gasteiger partial charge in [0.2, 0.25) is 5.91 Å². The standard InChI is InChI=1S/C22H27N3O.2ClH/c1-15(16-6-8-17(9-7-16)18-10-12-23-13-11-18)24-22(26)21-14-19-4-2-3-5-20(19)25-21;;/h6-13,15,19-21,25H,2-5,14H2,1H3,(H,24,26);2*1H. The molecule has 0 bridgehead atoms. The molecule has 2 aliphatic rings. The number of benzene rings is 1. The molecule has 152 valence electrons. The number of halogens is 2. The number of amides is 1. The monoisotopic (exact) mass is 421 g/mol. The fourth-order valence-electron chi connectivity index (χ4n) is 4.43. The Morgan fingerprint density at radius 1 is 1.04 bits per heavy atom. The normalized spacial score (nSPS) is 24.2. The van der Waals surface area contributed by atoms with Crippen LogP contribution in [0.25, 0.3) is 11.1 Å². The molecule has 28 heavy (non-hydrogen) atoms. The summed E-state index contributed by atoms with van der Waals surface area (Å²) in [7, 11) is 0. The van der Waals surface area contributed by atoms with Crippen LogP contribution in [0, 0.1) is 5.92 Å². The zero-order valence-electron chi connectivity index (χ0n) is 16.1. The SMILES string of the molecule is CC(NC(=O)C1CC2CCCCC2N1)c1ccc(-c2ccncc2)cc1.Cl.Cl. The summed E-state index contributed by atoms with van der Waals surface area (Å²) in [6.45, 7) is 2.06. The molecular weight excluding hydrogens is 393 g/mol. The predicted octanol–water partition coefficient (Wildman–Crippen LogP) is 4.69. The lowest BCUT2D eigenvalue weighted by Gasteiger charge is -2.24. The fraction of sp³-hybridized carbons (Fsp3) is 0.455. The second-order valence-corrected chi connectivity index (χ2v) is 7.69. The van der Waals surface area contributed by atoms with Gasteiger partial charge in [-0.1, -0.05) is 37.1 Å². The summed E-state index contributed by atoms with van der Waals surface area (Å²) in [5.41, 5.74) is 3.45. The van der Waals surface area contributed by atoms with Gasteiger partial charge in [-0.15, -0.1) is 24.8 Å². The van der Waals surface area contributed by atoms with Crippen LogP contribution in [0.2, 0.25) is 0 Å². The molecule has 4 nitrogen and oxygen atoms in total. The molecule has 1 aromatic carbocycles. The summed E-state index contributed by atoms with van der Waals surface area (Å²) < 4.78 is 0. The van der Waals surface area contributed by atoms with Gasteiger partial charge in [0.05, 0.1) is 12.1 Å². The van der Waals surface area contributed by atoms with Crippen molar-refractivity contribution >= 4 is 30.7 Å². The van der Waals surface area contributed by atoms with E-state index in [1.54, 1.807) is 12.4 Å². The Hall–Kier alpha value is -1.62. The van der Waals surface area contributed by atoms with E-state index in [1.165, 1.54) is 25.7 Å². The third-order valence-electron chi connectivity index (χ3n) is 5.96. The summed E-state index contributed by atoms with van der Waals surface area (Å²) in [5.74, 6) is 0.833. The van der Waals surface area contributed by atoms with E-state index in [-0.39, 0.29) is 42.8 Å². The first-order valence-electron chi connectivity index (χ1n) is 9.77. The first-order valence-corrected chi connectivity index (χ1v) is 9.77. The third-order valence-corrected chi connectivity index (χ3v) is 5.96. The maximum Gasteiger partial charge on any atom is 0.237 e. The van der Waals surface area contributed by atoms with Gasteiger partial charge in [0.25, 0.3) is 0 Å². The van der Waals surface area contributed by atoms with Gasteiger partial charge in [-0.3, -0.25) is 9.78 Å². The summed E-state index contributed by atoms with van der Waals surface area (Å²) in [5, 5.41) is 6.76. The Bertz CT molecular complexity index is 740. The van der Waals surface area contributed by atoms with Crippen molar-refractivity contribution in [3.63, 3.8) is 0 Å². The summed E-state index contributed by atoms with van der Waals surface area (Å²) in [6.07, 6.45) is 9.70. The van der Waals surface area contributed by atoms with Crippen molar-refractivity contribution < 1.29 is 4.79 Å². The Kier molecular flexibility index (Phi) is 8.29. The van der Waals surface area contributed by atoms with Gasteiger partial charge >= 0.3 is 0 Å². The number of fused-ring (bicyclic) bond motifs is 1. The number of carbonyl (C=O) groups excluding carboxylic acids is 1. The molecule has 1 saturated carbocycles.